The Morgan fingerprint density at radius 3 is 2.82 bits per heavy atom. The molecule has 0 saturated heterocycles. The zero-order chi connectivity index (χ0) is 12.9. The average Bonchev–Trinajstić information content (AvgIpc) is 2.75. The van der Waals surface area contributed by atoms with Crippen molar-refractivity contribution in [1.29, 1.82) is 0 Å². The lowest BCUT2D eigenvalue weighted by molar-refractivity contribution is -0.137. The van der Waals surface area contributed by atoms with Crippen LogP contribution in [0.5, 0.6) is 0 Å². The van der Waals surface area contributed by atoms with Crippen LogP contribution in [0.25, 0.3) is 0 Å². The molecular weight excluding hydrogens is 246 g/mol. The fourth-order valence-corrected chi connectivity index (χ4v) is 2.03. The number of carboxylic acid groups (broad SMARTS) is 1. The third-order valence-electron chi connectivity index (χ3n) is 2.17. The molecule has 0 aliphatic rings. The summed E-state index contributed by atoms with van der Waals surface area (Å²) in [5.41, 5.74) is 0.806. The van der Waals surface area contributed by atoms with Crippen molar-refractivity contribution in [2.75, 3.05) is 13.6 Å². The molecule has 0 atom stereocenters. The van der Waals surface area contributed by atoms with Crippen LogP contribution >= 0.6 is 0 Å². The number of aliphatic carboxylic acids is 1. The minimum Gasteiger partial charge on any atom is -0.481 e. The standard InChI is InChI=1S/C9H15N3O4S/c1-12(5-3-9(13)14)17(15,16)11-7-8-2-4-10-6-8/h2,4,6,10-11H,3,5,7H2,1H3,(H,13,14). The van der Waals surface area contributed by atoms with Crippen LogP contribution < -0.4 is 4.72 Å². The monoisotopic (exact) mass is 261 g/mol. The van der Waals surface area contributed by atoms with E-state index in [0.29, 0.717) is 0 Å². The van der Waals surface area contributed by atoms with Gasteiger partial charge in [0.15, 0.2) is 0 Å². The van der Waals surface area contributed by atoms with Gasteiger partial charge in [-0.3, -0.25) is 4.79 Å². The highest BCUT2D eigenvalue weighted by Crippen LogP contribution is 2.00. The Kier molecular flexibility index (Phi) is 4.67. The van der Waals surface area contributed by atoms with Crippen LogP contribution in [0.3, 0.4) is 0 Å². The molecule has 0 aromatic carbocycles. The topological polar surface area (TPSA) is 102 Å². The summed E-state index contributed by atoms with van der Waals surface area (Å²) in [5.74, 6) is -1.03. The molecule has 1 aromatic heterocycles. The van der Waals surface area contributed by atoms with Gasteiger partial charge >= 0.3 is 5.97 Å². The van der Waals surface area contributed by atoms with E-state index in [1.807, 2.05) is 0 Å². The number of rotatable bonds is 7. The van der Waals surface area contributed by atoms with Crippen molar-refractivity contribution in [3.05, 3.63) is 24.0 Å². The highest BCUT2D eigenvalue weighted by molar-refractivity contribution is 7.87. The van der Waals surface area contributed by atoms with Crippen LogP contribution in [0, 0.1) is 0 Å². The second kappa shape index (κ2) is 5.80. The highest BCUT2D eigenvalue weighted by atomic mass is 32.2. The SMILES string of the molecule is CN(CCC(=O)O)S(=O)(=O)NCc1cc[nH]c1. The van der Waals surface area contributed by atoms with Crippen LogP contribution in [0.1, 0.15) is 12.0 Å². The van der Waals surface area contributed by atoms with Crippen LogP contribution in [-0.2, 0) is 21.5 Å². The van der Waals surface area contributed by atoms with Gasteiger partial charge in [-0.2, -0.15) is 17.4 Å². The Hall–Kier alpha value is -1.38. The Morgan fingerprint density at radius 2 is 2.29 bits per heavy atom. The maximum Gasteiger partial charge on any atom is 0.304 e. The third kappa shape index (κ3) is 4.55. The Bertz CT molecular complexity index is 455. The van der Waals surface area contributed by atoms with Crippen LogP contribution in [-0.4, -0.2) is 42.4 Å². The molecule has 8 heteroatoms. The predicted molar refractivity (Wildman–Crippen MR) is 61.4 cm³/mol. The number of nitrogens with zero attached hydrogens (tertiary/aromatic N) is 1. The predicted octanol–water partition coefficient (Wildman–Crippen LogP) is -0.244. The minimum atomic E-state index is -3.63. The quantitative estimate of drug-likeness (QED) is 0.630. The zero-order valence-corrected chi connectivity index (χ0v) is 10.2. The average molecular weight is 261 g/mol. The Morgan fingerprint density at radius 1 is 1.59 bits per heavy atom. The zero-order valence-electron chi connectivity index (χ0n) is 9.38. The van der Waals surface area contributed by atoms with Crippen molar-refractivity contribution >= 4 is 16.2 Å². The minimum absolute atomic E-state index is 0.0577. The van der Waals surface area contributed by atoms with Crippen molar-refractivity contribution in [2.24, 2.45) is 0 Å². The highest BCUT2D eigenvalue weighted by Gasteiger charge is 2.17. The van der Waals surface area contributed by atoms with E-state index < -0.39 is 16.2 Å². The molecule has 0 spiro atoms. The van der Waals surface area contributed by atoms with E-state index in [1.54, 1.807) is 18.5 Å². The van der Waals surface area contributed by atoms with Gasteiger partial charge in [0.1, 0.15) is 0 Å². The van der Waals surface area contributed by atoms with E-state index in [-0.39, 0.29) is 19.5 Å². The number of hydrogen-bond acceptors (Lipinski definition) is 3. The first-order chi connectivity index (χ1) is 7.92. The van der Waals surface area contributed by atoms with E-state index in [2.05, 4.69) is 9.71 Å². The van der Waals surface area contributed by atoms with Crippen molar-refractivity contribution in [3.63, 3.8) is 0 Å². The summed E-state index contributed by atoms with van der Waals surface area (Å²) in [4.78, 5) is 13.1. The molecule has 0 amide bonds. The number of carbonyl (C=O) groups is 1. The molecular formula is C9H15N3O4S. The molecule has 3 N–H and O–H groups in total. The maximum absolute atomic E-state index is 11.6. The van der Waals surface area contributed by atoms with E-state index in [9.17, 15) is 13.2 Å². The van der Waals surface area contributed by atoms with E-state index in [0.717, 1.165) is 9.87 Å². The lowest BCUT2D eigenvalue weighted by Gasteiger charge is -2.16. The number of carboxylic acids is 1. The molecule has 0 saturated carbocycles. The number of aromatic nitrogens is 1. The summed E-state index contributed by atoms with van der Waals surface area (Å²) in [6.45, 7) is 0.112. The summed E-state index contributed by atoms with van der Waals surface area (Å²) in [6.07, 6.45) is 3.15. The first kappa shape index (κ1) is 13.7. The van der Waals surface area contributed by atoms with E-state index >= 15 is 0 Å². The largest absolute Gasteiger partial charge is 0.481 e. The smallest absolute Gasteiger partial charge is 0.304 e. The molecule has 1 rings (SSSR count). The van der Waals surface area contributed by atoms with Crippen molar-refractivity contribution in [2.45, 2.75) is 13.0 Å². The molecule has 0 bridgehead atoms. The van der Waals surface area contributed by atoms with Crippen molar-refractivity contribution in [3.8, 4) is 0 Å². The van der Waals surface area contributed by atoms with Gasteiger partial charge < -0.3 is 10.1 Å². The summed E-state index contributed by atoms with van der Waals surface area (Å²) < 4.78 is 26.6. The fourth-order valence-electron chi connectivity index (χ4n) is 1.13. The van der Waals surface area contributed by atoms with Gasteiger partial charge in [0, 0.05) is 32.5 Å². The molecule has 0 aliphatic carbocycles. The summed E-state index contributed by atoms with van der Waals surface area (Å²) in [7, 11) is -2.29. The maximum atomic E-state index is 11.6. The van der Waals surface area contributed by atoms with Crippen LogP contribution in [0.4, 0.5) is 0 Å². The van der Waals surface area contributed by atoms with E-state index in [4.69, 9.17) is 5.11 Å². The molecule has 1 heterocycles. The van der Waals surface area contributed by atoms with Gasteiger partial charge in [-0.25, -0.2) is 0 Å². The molecule has 0 aliphatic heterocycles. The number of H-pyrrole nitrogens is 1. The molecule has 17 heavy (non-hydrogen) atoms. The summed E-state index contributed by atoms with van der Waals surface area (Å²) in [5, 5.41) is 8.46. The van der Waals surface area contributed by atoms with E-state index in [1.165, 1.54) is 7.05 Å². The Labute approximate surface area is 99.6 Å². The molecule has 96 valence electrons. The first-order valence-electron chi connectivity index (χ1n) is 4.96. The van der Waals surface area contributed by atoms with Gasteiger partial charge in [-0.1, -0.05) is 0 Å². The molecule has 0 fully saturated rings. The van der Waals surface area contributed by atoms with Crippen molar-refractivity contribution < 1.29 is 18.3 Å². The second-order valence-electron chi connectivity index (χ2n) is 3.51. The van der Waals surface area contributed by atoms with Gasteiger partial charge in [0.05, 0.1) is 6.42 Å². The normalized spacial score (nSPS) is 11.9. The molecule has 0 radical (unpaired) electrons. The van der Waals surface area contributed by atoms with Gasteiger partial charge in [0.2, 0.25) is 0 Å². The second-order valence-corrected chi connectivity index (χ2v) is 5.37. The first-order valence-corrected chi connectivity index (χ1v) is 6.40. The lowest BCUT2D eigenvalue weighted by Crippen LogP contribution is -2.38. The van der Waals surface area contributed by atoms with Gasteiger partial charge in [-0.05, 0) is 11.6 Å². The molecule has 7 nitrogen and oxygen atoms in total. The van der Waals surface area contributed by atoms with Crippen LogP contribution in [0.2, 0.25) is 0 Å². The number of nitrogens with one attached hydrogen (secondary N) is 2. The van der Waals surface area contributed by atoms with Gasteiger partial charge in [0.25, 0.3) is 10.2 Å². The summed E-state index contributed by atoms with van der Waals surface area (Å²) >= 11 is 0. The number of aromatic amines is 1. The summed E-state index contributed by atoms with van der Waals surface area (Å²) in [6, 6.07) is 1.75. The fraction of sp³-hybridized carbons (Fsp3) is 0.444. The lowest BCUT2D eigenvalue weighted by atomic mass is 10.4. The van der Waals surface area contributed by atoms with Crippen LogP contribution in [0.15, 0.2) is 18.5 Å². The van der Waals surface area contributed by atoms with Crippen molar-refractivity contribution in [1.82, 2.24) is 14.0 Å². The third-order valence-corrected chi connectivity index (χ3v) is 3.68. The Balaban J connectivity index is 2.47. The number of hydrogen-bond donors (Lipinski definition) is 3. The molecule has 0 unspecified atom stereocenters. The van der Waals surface area contributed by atoms with Gasteiger partial charge in [-0.15, -0.1) is 0 Å². The molecule has 1 aromatic rings.